The van der Waals surface area contributed by atoms with Crippen LogP contribution in [0.2, 0.25) is 0 Å². The average Bonchev–Trinajstić information content (AvgIpc) is 2.35. The average molecular weight is 254 g/mol. The summed E-state index contributed by atoms with van der Waals surface area (Å²) in [6, 6.07) is -0.157. The number of nitrogens with one attached hydrogen (secondary N) is 1. The number of amides is 1. The Bertz CT molecular complexity index is 309. The first kappa shape index (κ1) is 14.7. The number of nitrogens with zero attached hydrogens (tertiary/aromatic N) is 1. The van der Waals surface area contributed by atoms with Gasteiger partial charge in [-0.15, -0.1) is 6.58 Å². The number of hydrogen-bond donors (Lipinski definition) is 2. The summed E-state index contributed by atoms with van der Waals surface area (Å²) in [5.74, 6) is -0.473. The van der Waals surface area contributed by atoms with Crippen LogP contribution in [0.1, 0.15) is 26.2 Å². The Kier molecular flexibility index (Phi) is 5.85. The number of aliphatic carboxylic acids is 1. The predicted molar refractivity (Wildman–Crippen MR) is 69.2 cm³/mol. The Morgan fingerprint density at radius 1 is 1.50 bits per heavy atom. The largest absolute Gasteiger partial charge is 0.481 e. The fourth-order valence-electron chi connectivity index (χ4n) is 2.28. The molecule has 1 aliphatic rings. The maximum absolute atomic E-state index is 11.8. The molecule has 1 fully saturated rings. The van der Waals surface area contributed by atoms with E-state index in [1.807, 2.05) is 6.92 Å². The fourth-order valence-corrected chi connectivity index (χ4v) is 2.28. The molecule has 0 bridgehead atoms. The van der Waals surface area contributed by atoms with Crippen molar-refractivity contribution >= 4 is 11.9 Å². The molecule has 5 nitrogen and oxygen atoms in total. The van der Waals surface area contributed by atoms with Crippen molar-refractivity contribution in [3.05, 3.63) is 12.7 Å². The topological polar surface area (TPSA) is 69.6 Å². The lowest BCUT2D eigenvalue weighted by molar-refractivity contribution is -0.138. The van der Waals surface area contributed by atoms with Gasteiger partial charge in [0.15, 0.2) is 0 Å². The molecule has 1 rings (SSSR count). The third kappa shape index (κ3) is 4.49. The maximum atomic E-state index is 11.8. The highest BCUT2D eigenvalue weighted by molar-refractivity contribution is 5.81. The molecule has 0 aliphatic carbocycles. The molecule has 0 radical (unpaired) electrons. The fraction of sp³-hybridized carbons (Fsp3) is 0.692. The third-order valence-corrected chi connectivity index (χ3v) is 3.46. The van der Waals surface area contributed by atoms with E-state index < -0.39 is 5.97 Å². The van der Waals surface area contributed by atoms with Gasteiger partial charge in [0.1, 0.15) is 0 Å². The number of carbonyl (C=O) groups is 2. The van der Waals surface area contributed by atoms with Crippen molar-refractivity contribution in [2.75, 3.05) is 19.6 Å². The van der Waals surface area contributed by atoms with E-state index in [0.717, 1.165) is 25.9 Å². The van der Waals surface area contributed by atoms with E-state index in [-0.39, 0.29) is 24.3 Å². The van der Waals surface area contributed by atoms with Gasteiger partial charge in [0.05, 0.1) is 6.04 Å². The van der Waals surface area contributed by atoms with Gasteiger partial charge in [-0.3, -0.25) is 14.5 Å². The second-order valence-electron chi connectivity index (χ2n) is 4.79. The van der Waals surface area contributed by atoms with Crippen molar-refractivity contribution in [2.24, 2.45) is 5.92 Å². The van der Waals surface area contributed by atoms with E-state index in [4.69, 9.17) is 5.11 Å². The maximum Gasteiger partial charge on any atom is 0.303 e. The molecule has 1 atom stereocenters. The minimum atomic E-state index is -0.731. The molecule has 0 saturated carbocycles. The molecule has 1 heterocycles. The molecule has 18 heavy (non-hydrogen) atoms. The summed E-state index contributed by atoms with van der Waals surface area (Å²) in [7, 11) is 0. The number of carboxylic acids is 1. The number of carbonyl (C=O) groups excluding carboxylic acids is 1. The van der Waals surface area contributed by atoms with Gasteiger partial charge in [0.25, 0.3) is 0 Å². The van der Waals surface area contributed by atoms with Crippen LogP contribution in [-0.4, -0.2) is 47.6 Å². The normalized spacial score (nSPS) is 19.2. The SMILES string of the molecule is C=CCNC(=O)C(C)N1CCC(CC(=O)O)CC1. The number of piperidine rings is 1. The lowest BCUT2D eigenvalue weighted by atomic mass is 9.93. The minimum absolute atomic E-state index is 0.00610. The highest BCUT2D eigenvalue weighted by atomic mass is 16.4. The molecule has 0 aromatic carbocycles. The monoisotopic (exact) mass is 254 g/mol. The first-order chi connectivity index (χ1) is 8.54. The van der Waals surface area contributed by atoms with Crippen LogP contribution in [0.25, 0.3) is 0 Å². The van der Waals surface area contributed by atoms with E-state index in [2.05, 4.69) is 16.8 Å². The summed E-state index contributed by atoms with van der Waals surface area (Å²) in [4.78, 5) is 24.5. The van der Waals surface area contributed by atoms with Crippen molar-refractivity contribution < 1.29 is 14.7 Å². The standard InChI is InChI=1S/C13H22N2O3/c1-3-6-14-13(18)10(2)15-7-4-11(5-8-15)9-12(16)17/h3,10-11H,1,4-9H2,2H3,(H,14,18)(H,16,17). The van der Waals surface area contributed by atoms with Gasteiger partial charge in [0.2, 0.25) is 5.91 Å². The van der Waals surface area contributed by atoms with Crippen LogP contribution < -0.4 is 5.32 Å². The molecule has 1 amide bonds. The number of carboxylic acid groups (broad SMARTS) is 1. The highest BCUT2D eigenvalue weighted by Crippen LogP contribution is 2.21. The van der Waals surface area contributed by atoms with Crippen molar-refractivity contribution in [3.8, 4) is 0 Å². The van der Waals surface area contributed by atoms with Gasteiger partial charge in [-0.25, -0.2) is 0 Å². The Hall–Kier alpha value is -1.36. The second-order valence-corrected chi connectivity index (χ2v) is 4.79. The van der Waals surface area contributed by atoms with E-state index >= 15 is 0 Å². The quantitative estimate of drug-likeness (QED) is 0.690. The summed E-state index contributed by atoms with van der Waals surface area (Å²) < 4.78 is 0. The molecule has 0 aromatic heterocycles. The van der Waals surface area contributed by atoms with E-state index in [9.17, 15) is 9.59 Å². The van der Waals surface area contributed by atoms with Crippen LogP contribution in [-0.2, 0) is 9.59 Å². The van der Waals surface area contributed by atoms with Crippen molar-refractivity contribution in [3.63, 3.8) is 0 Å². The second kappa shape index (κ2) is 7.16. The van der Waals surface area contributed by atoms with Gasteiger partial charge in [-0.2, -0.15) is 0 Å². The van der Waals surface area contributed by atoms with E-state index in [1.165, 1.54) is 0 Å². The van der Waals surface area contributed by atoms with Crippen molar-refractivity contribution in [1.29, 1.82) is 0 Å². The zero-order valence-corrected chi connectivity index (χ0v) is 10.9. The molecule has 0 spiro atoms. The summed E-state index contributed by atoms with van der Waals surface area (Å²) in [6.45, 7) is 7.51. The van der Waals surface area contributed by atoms with Crippen LogP contribution in [0.5, 0.6) is 0 Å². The van der Waals surface area contributed by atoms with Crippen LogP contribution in [0.15, 0.2) is 12.7 Å². The molecule has 1 aliphatic heterocycles. The summed E-state index contributed by atoms with van der Waals surface area (Å²) in [6.07, 6.45) is 3.60. The molecular weight excluding hydrogens is 232 g/mol. The molecule has 102 valence electrons. The highest BCUT2D eigenvalue weighted by Gasteiger charge is 2.27. The van der Waals surface area contributed by atoms with Gasteiger partial charge in [0, 0.05) is 13.0 Å². The lowest BCUT2D eigenvalue weighted by Gasteiger charge is -2.34. The van der Waals surface area contributed by atoms with Crippen LogP contribution >= 0.6 is 0 Å². The van der Waals surface area contributed by atoms with E-state index in [0.29, 0.717) is 6.54 Å². The summed E-state index contributed by atoms with van der Waals surface area (Å²) in [5.41, 5.74) is 0. The number of rotatable bonds is 6. The third-order valence-electron chi connectivity index (χ3n) is 3.46. The number of hydrogen-bond acceptors (Lipinski definition) is 3. The molecule has 1 unspecified atom stereocenters. The molecule has 2 N–H and O–H groups in total. The van der Waals surface area contributed by atoms with Crippen LogP contribution in [0.4, 0.5) is 0 Å². The van der Waals surface area contributed by atoms with Gasteiger partial charge < -0.3 is 10.4 Å². The smallest absolute Gasteiger partial charge is 0.303 e. The summed E-state index contributed by atoms with van der Waals surface area (Å²) in [5, 5.41) is 11.5. The first-order valence-corrected chi connectivity index (χ1v) is 6.39. The van der Waals surface area contributed by atoms with Gasteiger partial charge >= 0.3 is 5.97 Å². The Labute approximate surface area is 108 Å². The van der Waals surface area contributed by atoms with Gasteiger partial charge in [-0.05, 0) is 38.8 Å². The molecule has 1 saturated heterocycles. The first-order valence-electron chi connectivity index (χ1n) is 6.39. The van der Waals surface area contributed by atoms with Crippen LogP contribution in [0, 0.1) is 5.92 Å². The zero-order valence-electron chi connectivity index (χ0n) is 10.9. The minimum Gasteiger partial charge on any atom is -0.481 e. The molecule has 0 aromatic rings. The van der Waals surface area contributed by atoms with Gasteiger partial charge in [-0.1, -0.05) is 6.08 Å². The summed E-state index contributed by atoms with van der Waals surface area (Å²) >= 11 is 0. The predicted octanol–water partition coefficient (Wildman–Crippen LogP) is 0.864. The molecule has 5 heteroatoms. The Balaban J connectivity index is 2.35. The Morgan fingerprint density at radius 2 is 2.11 bits per heavy atom. The lowest BCUT2D eigenvalue weighted by Crippen LogP contribution is -2.48. The Morgan fingerprint density at radius 3 is 2.61 bits per heavy atom. The van der Waals surface area contributed by atoms with Crippen molar-refractivity contribution in [2.45, 2.75) is 32.2 Å². The van der Waals surface area contributed by atoms with Crippen LogP contribution in [0.3, 0.4) is 0 Å². The zero-order chi connectivity index (χ0) is 13.5. The molecular formula is C13H22N2O3. The van der Waals surface area contributed by atoms with E-state index in [1.54, 1.807) is 6.08 Å². The van der Waals surface area contributed by atoms with Crippen molar-refractivity contribution in [1.82, 2.24) is 10.2 Å². The number of likely N-dealkylation sites (tertiary alicyclic amines) is 1.